The van der Waals surface area contributed by atoms with Gasteiger partial charge in [0.25, 0.3) is 0 Å². The van der Waals surface area contributed by atoms with Crippen LogP contribution in [0.15, 0.2) is 62.2 Å². The molecule has 0 atom stereocenters. The summed E-state index contributed by atoms with van der Waals surface area (Å²) in [4.78, 5) is 11.9. The molecule has 2 heterocycles. The van der Waals surface area contributed by atoms with Crippen molar-refractivity contribution in [1.29, 1.82) is 0 Å². The van der Waals surface area contributed by atoms with E-state index in [1.807, 2.05) is 0 Å². The maximum Gasteiger partial charge on any atom is 0.416 e. The number of hydrogen-bond acceptors (Lipinski definition) is 5. The Morgan fingerprint density at radius 2 is 1.74 bits per heavy atom. The number of rotatable bonds is 4. The molecule has 1 N–H and O–H groups in total. The fourth-order valence-corrected chi connectivity index (χ4v) is 3.27. The van der Waals surface area contributed by atoms with Crippen molar-refractivity contribution in [1.82, 2.24) is 0 Å². The Balaban J connectivity index is 1.64. The normalized spacial score (nSPS) is 11.8. The lowest BCUT2D eigenvalue weighted by Gasteiger charge is -2.13. The minimum atomic E-state index is -4.47. The number of aromatic hydroxyl groups is 1. The Kier molecular flexibility index (Phi) is 5.00. The van der Waals surface area contributed by atoms with E-state index in [1.54, 1.807) is 31.2 Å². The highest BCUT2D eigenvalue weighted by Crippen LogP contribution is 2.35. The molecule has 4 aromatic rings. The summed E-state index contributed by atoms with van der Waals surface area (Å²) < 4.78 is 56.0. The number of benzene rings is 2. The third-order valence-corrected chi connectivity index (χ3v) is 4.98. The average Bonchev–Trinajstić information content (AvgIpc) is 3.16. The predicted octanol–water partition coefficient (Wildman–Crippen LogP) is 5.97. The average molecular weight is 430 g/mol. The Hall–Kier alpha value is -3.68. The molecule has 0 aliphatic carbocycles. The van der Waals surface area contributed by atoms with Crippen molar-refractivity contribution in [2.45, 2.75) is 26.6 Å². The molecule has 0 saturated heterocycles. The largest absolute Gasteiger partial charge is 0.507 e. The van der Waals surface area contributed by atoms with Gasteiger partial charge in [-0.3, -0.25) is 0 Å². The van der Waals surface area contributed by atoms with Crippen LogP contribution >= 0.6 is 0 Å². The molecular weight excluding hydrogens is 413 g/mol. The molecule has 4 rings (SSSR count). The van der Waals surface area contributed by atoms with Crippen molar-refractivity contribution >= 4 is 11.0 Å². The lowest BCUT2D eigenvalue weighted by atomic mass is 10.1. The molecule has 0 bridgehead atoms. The SMILES string of the molecule is Cc1c(-c2cc3cc(OCc4ccccc4C(F)(F)F)ccc3o2)oc(=O)c(C)c1O. The minimum absolute atomic E-state index is 0.0236. The number of alkyl halides is 3. The van der Waals surface area contributed by atoms with E-state index >= 15 is 0 Å². The van der Waals surface area contributed by atoms with Gasteiger partial charge in [-0.05, 0) is 44.2 Å². The lowest BCUT2D eigenvalue weighted by Crippen LogP contribution is -2.10. The fourth-order valence-electron chi connectivity index (χ4n) is 3.27. The monoisotopic (exact) mass is 430 g/mol. The Bertz CT molecular complexity index is 1330. The van der Waals surface area contributed by atoms with Gasteiger partial charge < -0.3 is 18.7 Å². The number of fused-ring (bicyclic) bond motifs is 1. The minimum Gasteiger partial charge on any atom is -0.507 e. The van der Waals surface area contributed by atoms with Crippen molar-refractivity contribution in [2.75, 3.05) is 0 Å². The van der Waals surface area contributed by atoms with Gasteiger partial charge in [0.1, 0.15) is 23.7 Å². The van der Waals surface area contributed by atoms with Crippen molar-refractivity contribution in [3.05, 3.63) is 81.2 Å². The first-order valence-electron chi connectivity index (χ1n) is 9.30. The molecule has 0 fully saturated rings. The molecule has 0 amide bonds. The van der Waals surface area contributed by atoms with Crippen molar-refractivity contribution in [2.24, 2.45) is 0 Å². The van der Waals surface area contributed by atoms with Crippen LogP contribution < -0.4 is 10.4 Å². The van der Waals surface area contributed by atoms with E-state index in [0.717, 1.165) is 6.07 Å². The molecule has 2 aromatic heterocycles. The van der Waals surface area contributed by atoms with Gasteiger partial charge in [-0.2, -0.15) is 13.2 Å². The molecular formula is C23H17F3O5. The van der Waals surface area contributed by atoms with Crippen LogP contribution in [0, 0.1) is 13.8 Å². The highest BCUT2D eigenvalue weighted by atomic mass is 19.4. The van der Waals surface area contributed by atoms with E-state index in [9.17, 15) is 23.1 Å². The molecule has 160 valence electrons. The summed E-state index contributed by atoms with van der Waals surface area (Å²) in [6.45, 7) is 2.79. The summed E-state index contributed by atoms with van der Waals surface area (Å²) in [6.07, 6.45) is -4.47. The summed E-state index contributed by atoms with van der Waals surface area (Å²) in [6, 6.07) is 11.6. The standard InChI is InChI=1S/C23H17F3O5/c1-12-20(27)13(2)22(28)31-21(12)19-10-15-9-16(7-8-18(15)30-19)29-11-14-5-3-4-6-17(14)23(24,25)26/h3-10,27H,11H2,1-2H3. The van der Waals surface area contributed by atoms with Gasteiger partial charge in [-0.1, -0.05) is 18.2 Å². The van der Waals surface area contributed by atoms with Crippen LogP contribution in [0.1, 0.15) is 22.3 Å². The van der Waals surface area contributed by atoms with E-state index in [4.69, 9.17) is 13.6 Å². The molecule has 0 aliphatic heterocycles. The Morgan fingerprint density at radius 1 is 1.00 bits per heavy atom. The molecule has 0 radical (unpaired) electrons. The van der Waals surface area contributed by atoms with Crippen molar-refractivity contribution < 1.29 is 31.8 Å². The van der Waals surface area contributed by atoms with Crippen LogP contribution in [0.4, 0.5) is 13.2 Å². The zero-order chi connectivity index (χ0) is 22.3. The van der Waals surface area contributed by atoms with Gasteiger partial charge in [0.2, 0.25) is 0 Å². The van der Waals surface area contributed by atoms with E-state index in [0.29, 0.717) is 22.3 Å². The van der Waals surface area contributed by atoms with Crippen molar-refractivity contribution in [3.63, 3.8) is 0 Å². The Labute approximate surface area is 174 Å². The first-order valence-corrected chi connectivity index (χ1v) is 9.30. The predicted molar refractivity (Wildman–Crippen MR) is 107 cm³/mol. The molecule has 5 nitrogen and oxygen atoms in total. The van der Waals surface area contributed by atoms with Crippen LogP contribution in [0.25, 0.3) is 22.5 Å². The van der Waals surface area contributed by atoms with Crippen LogP contribution in [0.3, 0.4) is 0 Å². The Morgan fingerprint density at radius 3 is 2.48 bits per heavy atom. The van der Waals surface area contributed by atoms with Crippen LogP contribution in [-0.2, 0) is 12.8 Å². The third kappa shape index (κ3) is 3.88. The zero-order valence-corrected chi connectivity index (χ0v) is 16.5. The number of ether oxygens (including phenoxy) is 1. The van der Waals surface area contributed by atoms with E-state index < -0.39 is 17.4 Å². The second-order valence-corrected chi connectivity index (χ2v) is 7.07. The van der Waals surface area contributed by atoms with Crippen LogP contribution in [0.5, 0.6) is 11.5 Å². The van der Waals surface area contributed by atoms with E-state index in [1.165, 1.54) is 25.1 Å². The number of halogens is 3. The summed E-state index contributed by atoms with van der Waals surface area (Å²) in [5.74, 6) is 0.520. The molecule has 0 aliphatic rings. The topological polar surface area (TPSA) is 72.8 Å². The maximum absolute atomic E-state index is 13.1. The first kappa shape index (κ1) is 20.6. The quantitative estimate of drug-likeness (QED) is 0.432. The second-order valence-electron chi connectivity index (χ2n) is 7.07. The highest BCUT2D eigenvalue weighted by Gasteiger charge is 2.33. The van der Waals surface area contributed by atoms with Gasteiger partial charge in [0.05, 0.1) is 11.1 Å². The zero-order valence-electron chi connectivity index (χ0n) is 16.5. The molecule has 8 heteroatoms. The molecule has 0 spiro atoms. The van der Waals surface area contributed by atoms with E-state index in [-0.39, 0.29) is 35.0 Å². The molecule has 0 unspecified atom stereocenters. The lowest BCUT2D eigenvalue weighted by molar-refractivity contribution is -0.138. The molecule has 0 saturated carbocycles. The molecule has 31 heavy (non-hydrogen) atoms. The highest BCUT2D eigenvalue weighted by molar-refractivity contribution is 5.84. The molecule has 2 aromatic carbocycles. The van der Waals surface area contributed by atoms with Gasteiger partial charge in [-0.25, -0.2) is 4.79 Å². The summed E-state index contributed by atoms with van der Waals surface area (Å²) in [5.41, 5.74) is -0.475. The van der Waals surface area contributed by atoms with Crippen LogP contribution in [-0.4, -0.2) is 5.11 Å². The third-order valence-electron chi connectivity index (χ3n) is 4.98. The second kappa shape index (κ2) is 7.54. The van der Waals surface area contributed by atoms with Gasteiger partial charge in [0, 0.05) is 16.5 Å². The first-order chi connectivity index (χ1) is 14.6. The van der Waals surface area contributed by atoms with Crippen molar-refractivity contribution in [3.8, 4) is 23.0 Å². The van der Waals surface area contributed by atoms with Gasteiger partial charge in [0.15, 0.2) is 11.5 Å². The number of furan rings is 1. The number of hydrogen-bond donors (Lipinski definition) is 1. The van der Waals surface area contributed by atoms with E-state index in [2.05, 4.69) is 0 Å². The van der Waals surface area contributed by atoms with Crippen LogP contribution in [0.2, 0.25) is 0 Å². The maximum atomic E-state index is 13.1. The summed E-state index contributed by atoms with van der Waals surface area (Å²) in [5, 5.41) is 10.7. The van der Waals surface area contributed by atoms with Gasteiger partial charge >= 0.3 is 11.8 Å². The fraction of sp³-hybridized carbons (Fsp3) is 0.174. The summed E-state index contributed by atoms with van der Waals surface area (Å²) >= 11 is 0. The summed E-state index contributed by atoms with van der Waals surface area (Å²) in [7, 11) is 0. The van der Waals surface area contributed by atoms with Gasteiger partial charge in [-0.15, -0.1) is 0 Å². The smallest absolute Gasteiger partial charge is 0.416 e.